The Labute approximate surface area is 133 Å². The summed E-state index contributed by atoms with van der Waals surface area (Å²) in [6.45, 7) is 9.30. The van der Waals surface area contributed by atoms with Crippen LogP contribution < -0.4 is 5.32 Å². The van der Waals surface area contributed by atoms with E-state index in [-0.39, 0.29) is 5.54 Å². The molecule has 2 fully saturated rings. The van der Waals surface area contributed by atoms with E-state index in [0.29, 0.717) is 5.92 Å². The summed E-state index contributed by atoms with van der Waals surface area (Å²) < 4.78 is 0. The zero-order chi connectivity index (χ0) is 15.0. The highest BCUT2D eigenvalue weighted by molar-refractivity contribution is 7.09. The van der Waals surface area contributed by atoms with Crippen LogP contribution in [0.2, 0.25) is 0 Å². The van der Waals surface area contributed by atoms with Crippen LogP contribution in [0.3, 0.4) is 0 Å². The van der Waals surface area contributed by atoms with Gasteiger partial charge in [-0.25, -0.2) is 4.98 Å². The molecule has 118 valence electrons. The average molecular weight is 307 g/mol. The first kappa shape index (κ1) is 15.5. The van der Waals surface area contributed by atoms with Crippen molar-refractivity contribution in [2.24, 2.45) is 11.8 Å². The van der Waals surface area contributed by atoms with E-state index < -0.39 is 0 Å². The van der Waals surface area contributed by atoms with E-state index in [1.165, 1.54) is 49.2 Å². The van der Waals surface area contributed by atoms with Crippen molar-refractivity contribution in [3.63, 3.8) is 0 Å². The smallest absolute Gasteiger partial charge is 0.113 e. The van der Waals surface area contributed by atoms with Crippen molar-refractivity contribution in [3.05, 3.63) is 16.1 Å². The Balaban J connectivity index is 1.97. The molecule has 0 bridgehead atoms. The summed E-state index contributed by atoms with van der Waals surface area (Å²) in [7, 11) is 0. The molecule has 2 nitrogen and oxygen atoms in total. The summed E-state index contributed by atoms with van der Waals surface area (Å²) in [6.07, 6.45) is 8.08. The number of hydrogen-bond acceptors (Lipinski definition) is 3. The second kappa shape index (κ2) is 6.00. The largest absolute Gasteiger partial charge is 0.302 e. The Morgan fingerprint density at radius 3 is 2.52 bits per heavy atom. The molecule has 2 atom stereocenters. The topological polar surface area (TPSA) is 24.9 Å². The number of aromatic nitrogens is 1. The van der Waals surface area contributed by atoms with Gasteiger partial charge in [-0.3, -0.25) is 0 Å². The van der Waals surface area contributed by atoms with Crippen molar-refractivity contribution in [2.45, 2.75) is 83.7 Å². The highest BCUT2D eigenvalue weighted by atomic mass is 32.1. The molecule has 0 aromatic carbocycles. The van der Waals surface area contributed by atoms with Gasteiger partial charge in [0, 0.05) is 11.4 Å². The van der Waals surface area contributed by atoms with Gasteiger partial charge in [0.05, 0.1) is 11.2 Å². The van der Waals surface area contributed by atoms with Crippen LogP contribution in [0.1, 0.15) is 82.8 Å². The van der Waals surface area contributed by atoms with E-state index in [4.69, 9.17) is 4.98 Å². The first-order valence-corrected chi connectivity index (χ1v) is 9.64. The normalized spacial score (nSPS) is 30.3. The third-order valence-electron chi connectivity index (χ3n) is 5.31. The van der Waals surface area contributed by atoms with Crippen LogP contribution in [0, 0.1) is 11.8 Å². The predicted octanol–water partition coefficient (Wildman–Crippen LogP) is 5.06. The molecule has 0 saturated heterocycles. The lowest BCUT2D eigenvalue weighted by Crippen LogP contribution is -2.52. The SMILES string of the molecule is CC(C)c1csc(C2(NC3CC3)CCCCC2C(C)C)n1. The Bertz CT molecular complexity index is 475. The van der Waals surface area contributed by atoms with Gasteiger partial charge in [-0.1, -0.05) is 40.5 Å². The molecule has 0 amide bonds. The van der Waals surface area contributed by atoms with Crippen LogP contribution in [0.15, 0.2) is 5.38 Å². The molecule has 0 aliphatic heterocycles. The average Bonchev–Trinajstić information content (AvgIpc) is 3.10. The fraction of sp³-hybridized carbons (Fsp3) is 0.833. The maximum atomic E-state index is 5.08. The summed E-state index contributed by atoms with van der Waals surface area (Å²) in [6, 6.07) is 0.746. The van der Waals surface area contributed by atoms with Gasteiger partial charge in [-0.2, -0.15) is 0 Å². The van der Waals surface area contributed by atoms with Gasteiger partial charge in [0.15, 0.2) is 0 Å². The van der Waals surface area contributed by atoms with Crippen LogP contribution in [0.25, 0.3) is 0 Å². The van der Waals surface area contributed by atoms with Crippen LogP contribution in [0.5, 0.6) is 0 Å². The lowest BCUT2D eigenvalue weighted by molar-refractivity contribution is 0.0975. The van der Waals surface area contributed by atoms with Gasteiger partial charge in [-0.15, -0.1) is 11.3 Å². The first-order chi connectivity index (χ1) is 10.0. The maximum Gasteiger partial charge on any atom is 0.113 e. The molecule has 2 aliphatic carbocycles. The van der Waals surface area contributed by atoms with Gasteiger partial charge in [0.1, 0.15) is 5.01 Å². The zero-order valence-electron chi connectivity index (χ0n) is 14.0. The number of thiazole rings is 1. The summed E-state index contributed by atoms with van der Waals surface area (Å²) in [5, 5.41) is 7.72. The molecular formula is C18H30N2S. The minimum Gasteiger partial charge on any atom is -0.302 e. The minimum atomic E-state index is 0.158. The van der Waals surface area contributed by atoms with Crippen LogP contribution in [-0.4, -0.2) is 11.0 Å². The van der Waals surface area contributed by atoms with Gasteiger partial charge in [0.25, 0.3) is 0 Å². The first-order valence-electron chi connectivity index (χ1n) is 8.76. The van der Waals surface area contributed by atoms with Gasteiger partial charge in [0.2, 0.25) is 0 Å². The second-order valence-electron chi connectivity index (χ2n) is 7.72. The highest BCUT2D eigenvalue weighted by Crippen LogP contribution is 2.48. The fourth-order valence-electron chi connectivity index (χ4n) is 3.96. The Hall–Kier alpha value is -0.410. The van der Waals surface area contributed by atoms with Gasteiger partial charge >= 0.3 is 0 Å². The van der Waals surface area contributed by atoms with E-state index in [2.05, 4.69) is 38.4 Å². The molecule has 3 heteroatoms. The third-order valence-corrected chi connectivity index (χ3v) is 6.35. The van der Waals surface area contributed by atoms with E-state index in [0.717, 1.165) is 17.9 Å². The van der Waals surface area contributed by atoms with Crippen LogP contribution in [-0.2, 0) is 5.54 Å². The minimum absolute atomic E-state index is 0.158. The van der Waals surface area contributed by atoms with E-state index >= 15 is 0 Å². The molecule has 1 N–H and O–H groups in total. The van der Waals surface area contributed by atoms with E-state index in [9.17, 15) is 0 Å². The fourth-order valence-corrected chi connectivity index (χ4v) is 5.19. The van der Waals surface area contributed by atoms with Crippen molar-refractivity contribution < 1.29 is 0 Å². The molecular weight excluding hydrogens is 276 g/mol. The summed E-state index contributed by atoms with van der Waals surface area (Å²) in [4.78, 5) is 5.08. The Kier molecular flexibility index (Phi) is 4.42. The van der Waals surface area contributed by atoms with Crippen LogP contribution >= 0.6 is 11.3 Å². The van der Waals surface area contributed by atoms with Crippen molar-refractivity contribution in [1.82, 2.24) is 10.3 Å². The molecule has 21 heavy (non-hydrogen) atoms. The van der Waals surface area contributed by atoms with Crippen molar-refractivity contribution in [1.29, 1.82) is 0 Å². The Morgan fingerprint density at radius 1 is 1.19 bits per heavy atom. The number of nitrogens with one attached hydrogen (secondary N) is 1. The van der Waals surface area contributed by atoms with Gasteiger partial charge in [-0.05, 0) is 43.4 Å². The lowest BCUT2D eigenvalue weighted by atomic mass is 9.68. The van der Waals surface area contributed by atoms with Gasteiger partial charge < -0.3 is 5.32 Å². The molecule has 0 spiro atoms. The van der Waals surface area contributed by atoms with Crippen LogP contribution in [0.4, 0.5) is 0 Å². The molecule has 1 heterocycles. The molecule has 0 radical (unpaired) electrons. The molecule has 2 aliphatic rings. The molecule has 3 rings (SSSR count). The predicted molar refractivity (Wildman–Crippen MR) is 90.8 cm³/mol. The zero-order valence-corrected chi connectivity index (χ0v) is 14.8. The third kappa shape index (κ3) is 3.05. The maximum absolute atomic E-state index is 5.08. The quantitative estimate of drug-likeness (QED) is 0.822. The standard InChI is InChI=1S/C18H30N2S/c1-12(2)15-7-5-6-10-18(15,20-14-8-9-14)17-19-16(11-21-17)13(3)4/h11-15,20H,5-10H2,1-4H3. The monoisotopic (exact) mass is 306 g/mol. The second-order valence-corrected chi connectivity index (χ2v) is 8.58. The summed E-state index contributed by atoms with van der Waals surface area (Å²) in [5.41, 5.74) is 1.44. The van der Waals surface area contributed by atoms with Crippen molar-refractivity contribution in [3.8, 4) is 0 Å². The van der Waals surface area contributed by atoms with Crippen molar-refractivity contribution in [2.75, 3.05) is 0 Å². The van der Waals surface area contributed by atoms with Crippen molar-refractivity contribution >= 4 is 11.3 Å². The highest BCUT2D eigenvalue weighted by Gasteiger charge is 2.48. The molecule has 2 unspecified atom stereocenters. The lowest BCUT2D eigenvalue weighted by Gasteiger charge is -2.46. The molecule has 1 aromatic heterocycles. The van der Waals surface area contributed by atoms with E-state index in [1.54, 1.807) is 0 Å². The molecule has 2 saturated carbocycles. The summed E-state index contributed by atoms with van der Waals surface area (Å²) >= 11 is 1.90. The number of hydrogen-bond donors (Lipinski definition) is 1. The number of rotatable bonds is 5. The Morgan fingerprint density at radius 2 is 1.95 bits per heavy atom. The summed E-state index contributed by atoms with van der Waals surface area (Å²) in [5.74, 6) is 2.00. The number of nitrogens with zero attached hydrogens (tertiary/aromatic N) is 1. The molecule has 1 aromatic rings. The van der Waals surface area contributed by atoms with E-state index in [1.807, 2.05) is 11.3 Å².